The monoisotopic (exact) mass is 262 g/mol. The zero-order valence-electron chi connectivity index (χ0n) is 10.7. The van der Waals surface area contributed by atoms with Gasteiger partial charge in [0.05, 0.1) is 13.2 Å². The number of ether oxygens (including phenoxy) is 1. The van der Waals surface area contributed by atoms with Gasteiger partial charge in [-0.2, -0.15) is 4.39 Å². The predicted molar refractivity (Wildman–Crippen MR) is 70.9 cm³/mol. The quantitative estimate of drug-likeness (QED) is 0.831. The summed E-state index contributed by atoms with van der Waals surface area (Å²) in [7, 11) is 1.53. The number of hydrogen-bond acceptors (Lipinski definition) is 4. The Morgan fingerprint density at radius 3 is 2.74 bits per heavy atom. The molecule has 0 aliphatic carbocycles. The van der Waals surface area contributed by atoms with Gasteiger partial charge in [0.15, 0.2) is 0 Å². The molecule has 1 heterocycles. The van der Waals surface area contributed by atoms with Crippen molar-refractivity contribution in [2.45, 2.75) is 13.0 Å². The van der Waals surface area contributed by atoms with Crippen LogP contribution in [0.3, 0.4) is 0 Å². The van der Waals surface area contributed by atoms with Gasteiger partial charge in [0.1, 0.15) is 17.3 Å². The average Bonchev–Trinajstić information content (AvgIpc) is 2.38. The van der Waals surface area contributed by atoms with Gasteiger partial charge in [0.2, 0.25) is 5.95 Å². The summed E-state index contributed by atoms with van der Waals surface area (Å²) in [5, 5.41) is 12.9. The molecule has 0 amide bonds. The maximum Gasteiger partial charge on any atom is 0.214 e. The van der Waals surface area contributed by atoms with Crippen molar-refractivity contribution in [3.8, 4) is 11.5 Å². The maximum atomic E-state index is 13.0. The molecule has 2 rings (SSSR count). The summed E-state index contributed by atoms with van der Waals surface area (Å²) in [6.07, 6.45) is 0. The molecule has 1 unspecified atom stereocenters. The van der Waals surface area contributed by atoms with E-state index in [1.807, 2.05) is 6.92 Å². The predicted octanol–water partition coefficient (Wildman–Crippen LogP) is 3.11. The fourth-order valence-corrected chi connectivity index (χ4v) is 1.80. The van der Waals surface area contributed by atoms with Crippen LogP contribution < -0.4 is 10.1 Å². The van der Waals surface area contributed by atoms with Crippen molar-refractivity contribution < 1.29 is 14.2 Å². The molecule has 0 fully saturated rings. The number of nitrogens with one attached hydrogen (secondary N) is 1. The molecule has 0 bridgehead atoms. The van der Waals surface area contributed by atoms with Crippen molar-refractivity contribution in [1.29, 1.82) is 0 Å². The normalized spacial score (nSPS) is 11.9. The molecule has 0 saturated heterocycles. The lowest BCUT2D eigenvalue weighted by atomic mass is 10.1. The second-order valence-electron chi connectivity index (χ2n) is 4.14. The molecule has 2 N–H and O–H groups in total. The lowest BCUT2D eigenvalue weighted by molar-refractivity contribution is 0.406. The summed E-state index contributed by atoms with van der Waals surface area (Å²) >= 11 is 0. The number of pyridine rings is 1. The molecule has 1 aromatic carbocycles. The van der Waals surface area contributed by atoms with Crippen LogP contribution >= 0.6 is 0 Å². The smallest absolute Gasteiger partial charge is 0.214 e. The standard InChI is InChI=1S/C14H15FN2O2/c1-9(16-14-5-3-4-13(15)17-14)11-7-6-10(19-2)8-12(11)18/h3-9,18H,1-2H3,(H,16,17). The van der Waals surface area contributed by atoms with Crippen LogP contribution in [0.1, 0.15) is 18.5 Å². The highest BCUT2D eigenvalue weighted by Crippen LogP contribution is 2.29. The first-order chi connectivity index (χ1) is 9.10. The van der Waals surface area contributed by atoms with E-state index < -0.39 is 5.95 Å². The number of rotatable bonds is 4. The van der Waals surface area contributed by atoms with Gasteiger partial charge in [-0.3, -0.25) is 0 Å². The third kappa shape index (κ3) is 3.13. The number of aromatic nitrogens is 1. The molecule has 0 spiro atoms. The molecule has 0 radical (unpaired) electrons. The van der Waals surface area contributed by atoms with Crippen molar-refractivity contribution in [2.24, 2.45) is 0 Å². The van der Waals surface area contributed by atoms with E-state index in [2.05, 4.69) is 10.3 Å². The third-order valence-electron chi connectivity index (χ3n) is 2.78. The fourth-order valence-electron chi connectivity index (χ4n) is 1.80. The van der Waals surface area contributed by atoms with Gasteiger partial charge >= 0.3 is 0 Å². The number of methoxy groups -OCH3 is 1. The maximum absolute atomic E-state index is 13.0. The summed E-state index contributed by atoms with van der Waals surface area (Å²) < 4.78 is 18.0. The van der Waals surface area contributed by atoms with E-state index in [4.69, 9.17) is 4.74 Å². The van der Waals surface area contributed by atoms with Crippen LogP contribution in [0.4, 0.5) is 10.2 Å². The minimum Gasteiger partial charge on any atom is -0.507 e. The van der Waals surface area contributed by atoms with E-state index >= 15 is 0 Å². The van der Waals surface area contributed by atoms with Gasteiger partial charge in [-0.1, -0.05) is 6.07 Å². The number of aromatic hydroxyl groups is 1. The van der Waals surface area contributed by atoms with Crippen molar-refractivity contribution >= 4 is 5.82 Å². The Hall–Kier alpha value is -2.30. The Kier molecular flexibility index (Phi) is 3.85. The fraction of sp³-hybridized carbons (Fsp3) is 0.214. The Morgan fingerprint density at radius 2 is 2.11 bits per heavy atom. The Bertz CT molecular complexity index is 575. The topological polar surface area (TPSA) is 54.4 Å². The summed E-state index contributed by atoms with van der Waals surface area (Å²) in [5.41, 5.74) is 0.687. The van der Waals surface area contributed by atoms with Crippen LogP contribution in [0, 0.1) is 5.95 Å². The largest absolute Gasteiger partial charge is 0.507 e. The Labute approximate surface area is 110 Å². The Morgan fingerprint density at radius 1 is 1.32 bits per heavy atom. The van der Waals surface area contributed by atoms with Gasteiger partial charge in [-0.15, -0.1) is 0 Å². The lowest BCUT2D eigenvalue weighted by Gasteiger charge is -2.16. The molecular weight excluding hydrogens is 247 g/mol. The van der Waals surface area contributed by atoms with E-state index in [0.29, 0.717) is 17.1 Å². The second kappa shape index (κ2) is 5.56. The number of halogens is 1. The molecule has 0 aliphatic rings. The van der Waals surface area contributed by atoms with Crippen LogP contribution in [-0.4, -0.2) is 17.2 Å². The highest BCUT2D eigenvalue weighted by Gasteiger charge is 2.11. The van der Waals surface area contributed by atoms with Crippen LogP contribution in [0.2, 0.25) is 0 Å². The van der Waals surface area contributed by atoms with E-state index in [9.17, 15) is 9.50 Å². The SMILES string of the molecule is COc1ccc(C(C)Nc2cccc(F)n2)c(O)c1. The second-order valence-corrected chi connectivity index (χ2v) is 4.14. The first kappa shape index (κ1) is 13.1. The molecule has 4 nitrogen and oxygen atoms in total. The number of benzene rings is 1. The van der Waals surface area contributed by atoms with Crippen LogP contribution in [0.25, 0.3) is 0 Å². The van der Waals surface area contributed by atoms with E-state index in [-0.39, 0.29) is 11.8 Å². The van der Waals surface area contributed by atoms with Crippen molar-refractivity contribution in [1.82, 2.24) is 4.98 Å². The minimum atomic E-state index is -0.545. The molecule has 2 aromatic rings. The van der Waals surface area contributed by atoms with Gasteiger partial charge in [-0.05, 0) is 31.2 Å². The van der Waals surface area contributed by atoms with Crippen LogP contribution in [0.15, 0.2) is 36.4 Å². The van der Waals surface area contributed by atoms with Gasteiger partial charge in [0, 0.05) is 11.6 Å². The number of phenolic OH excluding ortho intramolecular Hbond substituents is 1. The summed E-state index contributed by atoms with van der Waals surface area (Å²) in [6.45, 7) is 1.86. The van der Waals surface area contributed by atoms with Crippen molar-refractivity contribution in [3.63, 3.8) is 0 Å². The first-order valence-electron chi connectivity index (χ1n) is 5.86. The molecule has 5 heteroatoms. The summed E-state index contributed by atoms with van der Waals surface area (Å²) in [5.74, 6) is 0.576. The molecule has 1 aromatic heterocycles. The lowest BCUT2D eigenvalue weighted by Crippen LogP contribution is -2.08. The minimum absolute atomic E-state index is 0.121. The third-order valence-corrected chi connectivity index (χ3v) is 2.78. The zero-order valence-corrected chi connectivity index (χ0v) is 10.7. The molecular formula is C14H15FN2O2. The van der Waals surface area contributed by atoms with Crippen LogP contribution in [0.5, 0.6) is 11.5 Å². The molecule has 100 valence electrons. The molecule has 19 heavy (non-hydrogen) atoms. The number of nitrogens with zero attached hydrogens (tertiary/aromatic N) is 1. The average molecular weight is 262 g/mol. The highest BCUT2D eigenvalue weighted by atomic mass is 19.1. The molecule has 1 atom stereocenters. The van der Waals surface area contributed by atoms with E-state index in [1.54, 1.807) is 24.3 Å². The molecule has 0 aliphatic heterocycles. The zero-order chi connectivity index (χ0) is 13.8. The number of phenols is 1. The number of anilines is 1. The highest BCUT2D eigenvalue weighted by molar-refractivity contribution is 5.45. The molecule has 0 saturated carbocycles. The van der Waals surface area contributed by atoms with E-state index in [1.165, 1.54) is 19.2 Å². The van der Waals surface area contributed by atoms with Gasteiger partial charge in [-0.25, -0.2) is 4.98 Å². The van der Waals surface area contributed by atoms with Gasteiger partial charge < -0.3 is 15.2 Å². The van der Waals surface area contributed by atoms with Gasteiger partial charge in [0.25, 0.3) is 0 Å². The summed E-state index contributed by atoms with van der Waals surface area (Å²) in [4.78, 5) is 3.72. The summed E-state index contributed by atoms with van der Waals surface area (Å²) in [6, 6.07) is 9.36. The number of hydrogen-bond donors (Lipinski definition) is 2. The van der Waals surface area contributed by atoms with Crippen LogP contribution in [-0.2, 0) is 0 Å². The first-order valence-corrected chi connectivity index (χ1v) is 5.86. The van der Waals surface area contributed by atoms with Crippen molar-refractivity contribution in [3.05, 3.63) is 47.9 Å². The van der Waals surface area contributed by atoms with Crippen molar-refractivity contribution in [2.75, 3.05) is 12.4 Å². The Balaban J connectivity index is 2.18. The van der Waals surface area contributed by atoms with E-state index in [0.717, 1.165) is 0 Å².